The molecule has 2 aliphatic heterocycles. The van der Waals surface area contributed by atoms with Gasteiger partial charge in [-0.1, -0.05) is 109 Å². The summed E-state index contributed by atoms with van der Waals surface area (Å²) in [6.45, 7) is 4.98. The summed E-state index contributed by atoms with van der Waals surface area (Å²) < 4.78 is 27.7. The zero-order chi connectivity index (χ0) is 45.2. The molecule has 11 heteroatoms. The highest BCUT2D eigenvalue weighted by molar-refractivity contribution is 6.21. The number of carbonyl (C=O) groups is 2. The molecule has 0 aliphatic carbocycles. The number of likely N-dealkylation sites (N-methyl/N-ethyl adjacent to an activating group) is 2. The molecule has 0 fully saturated rings. The lowest BCUT2D eigenvalue weighted by Gasteiger charge is -2.25. The number of hydrogen-bond acceptors (Lipinski definition) is 9. The van der Waals surface area contributed by atoms with Crippen molar-refractivity contribution in [2.75, 3.05) is 58.4 Å². The number of hydrogen-bond donors (Lipinski definition) is 0. The zero-order valence-electron chi connectivity index (χ0n) is 37.4. The van der Waals surface area contributed by atoms with E-state index in [-0.39, 0.29) is 11.8 Å². The average Bonchev–Trinajstić information content (AvgIpc) is 3.53. The van der Waals surface area contributed by atoms with E-state index in [0.717, 1.165) is 61.9 Å². The molecule has 2 heterocycles. The van der Waals surface area contributed by atoms with Gasteiger partial charge >= 0.3 is 0 Å². The van der Waals surface area contributed by atoms with Gasteiger partial charge in [0.15, 0.2) is 23.0 Å². The molecule has 2 aliphatic rings. The van der Waals surface area contributed by atoms with Gasteiger partial charge in [-0.2, -0.15) is 0 Å². The van der Waals surface area contributed by atoms with Gasteiger partial charge in [-0.25, -0.2) is 0 Å². The van der Waals surface area contributed by atoms with Gasteiger partial charge in [0.2, 0.25) is 0 Å². The molecule has 2 atom stereocenters. The molecular weight excluding hydrogens is 805 g/mol. The lowest BCUT2D eigenvalue weighted by Crippen LogP contribution is -2.38. The van der Waals surface area contributed by atoms with E-state index in [1.165, 1.54) is 0 Å². The van der Waals surface area contributed by atoms with Gasteiger partial charge in [-0.05, 0) is 43.2 Å². The summed E-state index contributed by atoms with van der Waals surface area (Å²) in [4.78, 5) is 41.0. The Labute approximate surface area is 375 Å². The Morgan fingerprint density at radius 2 is 0.828 bits per heavy atom. The van der Waals surface area contributed by atoms with Crippen molar-refractivity contribution >= 4 is 34.6 Å². The highest BCUT2D eigenvalue weighted by Gasteiger charge is 2.35. The molecule has 0 aromatic heterocycles. The van der Waals surface area contributed by atoms with Crippen LogP contribution in [0.3, 0.4) is 0 Å². The van der Waals surface area contributed by atoms with E-state index in [2.05, 4.69) is 0 Å². The van der Waals surface area contributed by atoms with Crippen LogP contribution in [-0.2, 0) is 22.4 Å². The number of benzene rings is 6. The molecule has 0 saturated heterocycles. The zero-order valence-corrected chi connectivity index (χ0v) is 37.4. The van der Waals surface area contributed by atoms with Crippen LogP contribution in [0.25, 0.3) is 0 Å². The van der Waals surface area contributed by atoms with E-state index in [1.54, 1.807) is 45.3 Å². The van der Waals surface area contributed by atoms with E-state index < -0.39 is 12.1 Å². The maximum atomic E-state index is 13.8. The van der Waals surface area contributed by atoms with Crippen molar-refractivity contribution in [3.63, 3.8) is 0 Å². The Balaban J connectivity index is 0.000000192. The number of para-hydroxylation sites is 1. The normalized spacial score (nSPS) is 15.5. The van der Waals surface area contributed by atoms with E-state index in [4.69, 9.17) is 33.7 Å². The first kappa shape index (κ1) is 44.6. The number of methoxy groups -OCH3 is 5. The first-order valence-corrected chi connectivity index (χ1v) is 21.3. The summed E-state index contributed by atoms with van der Waals surface area (Å²) in [5.74, 6) is 3.00. The highest BCUT2D eigenvalue weighted by Crippen LogP contribution is 2.40. The largest absolute Gasteiger partial charge is 0.496 e. The van der Waals surface area contributed by atoms with Crippen molar-refractivity contribution in [2.24, 2.45) is 9.98 Å². The van der Waals surface area contributed by atoms with Crippen molar-refractivity contribution in [1.29, 1.82) is 0 Å². The summed E-state index contributed by atoms with van der Waals surface area (Å²) in [6, 6.07) is 44.1. The second-order valence-electron chi connectivity index (χ2n) is 15.0. The van der Waals surface area contributed by atoms with Crippen molar-refractivity contribution in [3.8, 4) is 28.7 Å². The number of rotatable bonds is 13. The van der Waals surface area contributed by atoms with Gasteiger partial charge in [0.1, 0.15) is 17.8 Å². The monoisotopic (exact) mass is 858 g/mol. The molecule has 8 rings (SSSR count). The van der Waals surface area contributed by atoms with Crippen LogP contribution in [-0.4, -0.2) is 84.0 Å². The predicted molar refractivity (Wildman–Crippen MR) is 254 cm³/mol. The van der Waals surface area contributed by atoms with E-state index in [1.807, 2.05) is 153 Å². The third kappa shape index (κ3) is 9.34. The Kier molecular flexibility index (Phi) is 14.4. The number of amides is 2. The van der Waals surface area contributed by atoms with Crippen molar-refractivity contribution < 1.29 is 33.3 Å². The number of carbonyl (C=O) groups excluding carboxylic acids is 2. The number of ether oxygens (including phenoxy) is 5. The van der Waals surface area contributed by atoms with E-state index >= 15 is 0 Å². The summed E-state index contributed by atoms with van der Waals surface area (Å²) in [5.41, 5.74) is 8.65. The fourth-order valence-electron chi connectivity index (χ4n) is 8.21. The molecule has 0 N–H and O–H groups in total. The minimum atomic E-state index is -0.610. The molecule has 0 saturated carbocycles. The van der Waals surface area contributed by atoms with Crippen LogP contribution in [0.15, 0.2) is 150 Å². The van der Waals surface area contributed by atoms with Gasteiger partial charge in [-0.15, -0.1) is 0 Å². The van der Waals surface area contributed by atoms with Crippen LogP contribution in [0, 0.1) is 0 Å². The molecule has 328 valence electrons. The average molecular weight is 859 g/mol. The van der Waals surface area contributed by atoms with E-state index in [0.29, 0.717) is 48.9 Å². The summed E-state index contributed by atoms with van der Waals surface area (Å²) >= 11 is 0. The van der Waals surface area contributed by atoms with Crippen LogP contribution < -0.4 is 33.5 Å². The highest BCUT2D eigenvalue weighted by atomic mass is 16.5. The van der Waals surface area contributed by atoms with Gasteiger partial charge in [0, 0.05) is 60.3 Å². The Hall–Kier alpha value is -7.40. The molecule has 2 amide bonds. The number of nitrogens with zero attached hydrogens (tertiary/aromatic N) is 4. The molecule has 0 spiro atoms. The quantitative estimate of drug-likeness (QED) is 0.114. The molecule has 64 heavy (non-hydrogen) atoms. The second-order valence-corrected chi connectivity index (χ2v) is 15.0. The molecule has 0 bridgehead atoms. The summed E-state index contributed by atoms with van der Waals surface area (Å²) in [5, 5.41) is 0. The Bertz CT molecular complexity index is 2630. The SMILES string of the molecule is CCN1C(=O)C(Cc2ccccc2)N=C(c2ccccc2)c2cc(OC)c(OC)cc21.CCN1C(=O)C(Cc2ccccc2OC)N=C(c2ccccc2)c2cc(OC)c(OC)cc21. The molecule has 6 aromatic carbocycles. The molecule has 11 nitrogen and oxygen atoms in total. The lowest BCUT2D eigenvalue weighted by atomic mass is 9.99. The third-order valence-electron chi connectivity index (χ3n) is 11.4. The first-order valence-electron chi connectivity index (χ1n) is 21.3. The van der Waals surface area contributed by atoms with Crippen LogP contribution in [0.1, 0.15) is 47.2 Å². The summed E-state index contributed by atoms with van der Waals surface area (Å²) in [7, 11) is 8.05. The fraction of sp³-hybridized carbons (Fsp3) is 0.245. The number of anilines is 2. The van der Waals surface area contributed by atoms with Gasteiger partial charge < -0.3 is 33.5 Å². The van der Waals surface area contributed by atoms with Gasteiger partial charge in [-0.3, -0.25) is 19.6 Å². The minimum Gasteiger partial charge on any atom is -0.496 e. The van der Waals surface area contributed by atoms with Gasteiger partial charge in [0.25, 0.3) is 11.8 Å². The molecule has 0 radical (unpaired) electrons. The van der Waals surface area contributed by atoms with Crippen LogP contribution in [0.4, 0.5) is 11.4 Å². The minimum absolute atomic E-state index is 0.0224. The Morgan fingerprint density at radius 1 is 0.453 bits per heavy atom. The number of benzodiazepines with no additional fused rings is 2. The van der Waals surface area contributed by atoms with Crippen molar-refractivity contribution in [1.82, 2.24) is 0 Å². The standard InChI is InChI=1S/C27H28N2O4.C26H26N2O3/c1-5-29-22-17-25(33-4)24(32-3)16-20(22)26(18-11-7-6-8-12-18)28-21(27(29)30)15-19-13-9-10-14-23(19)31-2;1-4-28-22-17-24(31-3)23(30-2)16-20(22)25(19-13-9-6-10-14-19)27-21(26(28)29)15-18-11-7-5-8-12-18/h6-14,16-17,21H,5,15H2,1-4H3;5-14,16-17,21H,4,15H2,1-3H3. The van der Waals surface area contributed by atoms with E-state index in [9.17, 15) is 9.59 Å². The third-order valence-corrected chi connectivity index (χ3v) is 11.4. The maximum absolute atomic E-state index is 13.8. The van der Waals surface area contributed by atoms with Gasteiger partial charge in [0.05, 0.1) is 58.3 Å². The van der Waals surface area contributed by atoms with Crippen LogP contribution >= 0.6 is 0 Å². The predicted octanol–water partition coefficient (Wildman–Crippen LogP) is 9.05. The van der Waals surface area contributed by atoms with Crippen LogP contribution in [0.5, 0.6) is 28.7 Å². The fourth-order valence-corrected chi connectivity index (χ4v) is 8.21. The maximum Gasteiger partial charge on any atom is 0.252 e. The van der Waals surface area contributed by atoms with Crippen molar-refractivity contribution in [3.05, 3.63) is 173 Å². The first-order chi connectivity index (χ1) is 31.3. The molecule has 6 aromatic rings. The lowest BCUT2D eigenvalue weighted by molar-refractivity contribution is -0.120. The second kappa shape index (κ2) is 20.6. The number of fused-ring (bicyclic) bond motifs is 2. The molecular formula is C53H54N4O7. The Morgan fingerprint density at radius 3 is 1.25 bits per heavy atom. The topological polar surface area (TPSA) is 111 Å². The van der Waals surface area contributed by atoms with Crippen LogP contribution in [0.2, 0.25) is 0 Å². The van der Waals surface area contributed by atoms with Crippen molar-refractivity contribution in [2.45, 2.75) is 38.8 Å². The number of aliphatic imine (C=N–C) groups is 2. The molecule has 2 unspecified atom stereocenters. The smallest absolute Gasteiger partial charge is 0.252 e. The summed E-state index contributed by atoms with van der Waals surface area (Å²) in [6.07, 6.45) is 0.965.